The lowest BCUT2D eigenvalue weighted by Crippen LogP contribution is -2.52. The quantitative estimate of drug-likeness (QED) is 0.865. The number of carbonyl (C=O) groups excluding carboxylic acids is 1. The molecule has 1 aliphatic heterocycles. The molecule has 2 atom stereocenters. The lowest BCUT2D eigenvalue weighted by atomic mass is 9.94. The van der Waals surface area contributed by atoms with Crippen molar-refractivity contribution in [3.8, 4) is 5.75 Å². The Kier molecular flexibility index (Phi) is 4.04. The van der Waals surface area contributed by atoms with Gasteiger partial charge in [0.05, 0.1) is 16.8 Å². The first-order valence-electron chi connectivity index (χ1n) is 6.57. The molecule has 1 aromatic carbocycles. The van der Waals surface area contributed by atoms with E-state index in [9.17, 15) is 4.79 Å². The summed E-state index contributed by atoms with van der Waals surface area (Å²) in [4.78, 5) is 12.3. The van der Waals surface area contributed by atoms with Crippen LogP contribution in [0.3, 0.4) is 0 Å². The minimum atomic E-state index is -0.421. The average molecular weight is 282 g/mol. The number of hydrogen-bond donors (Lipinski definition) is 1. The summed E-state index contributed by atoms with van der Waals surface area (Å²) in [5, 5.41) is 2.87. The molecule has 0 aromatic heterocycles. The van der Waals surface area contributed by atoms with E-state index in [1.54, 1.807) is 0 Å². The molecule has 1 heterocycles. The molecule has 0 fully saturated rings. The van der Waals surface area contributed by atoms with Crippen molar-refractivity contribution in [2.45, 2.75) is 38.1 Å². The molecule has 1 aliphatic rings. The van der Waals surface area contributed by atoms with Crippen molar-refractivity contribution >= 4 is 17.5 Å². The van der Waals surface area contributed by atoms with E-state index in [1.165, 1.54) is 0 Å². The van der Waals surface area contributed by atoms with Gasteiger partial charge in [-0.1, -0.05) is 18.2 Å². The highest BCUT2D eigenvalue weighted by Gasteiger charge is 2.32. The lowest BCUT2D eigenvalue weighted by molar-refractivity contribution is -0.127. The van der Waals surface area contributed by atoms with E-state index in [2.05, 4.69) is 5.32 Å². The van der Waals surface area contributed by atoms with Gasteiger partial charge in [0.2, 0.25) is 5.91 Å². The molecule has 1 amide bonds. The van der Waals surface area contributed by atoms with Gasteiger partial charge in [-0.05, 0) is 38.8 Å². The standard InChI is InChI=1S/C15H20ClNO2/c1-10(16)15(2,3)17-14(18)12-8-11-6-4-5-7-13(11)19-9-12/h4-7,10,12H,8-9H2,1-3H3,(H,17,18). The summed E-state index contributed by atoms with van der Waals surface area (Å²) in [6, 6.07) is 7.85. The van der Waals surface area contributed by atoms with Crippen molar-refractivity contribution in [2.75, 3.05) is 6.61 Å². The van der Waals surface area contributed by atoms with Crippen molar-refractivity contribution < 1.29 is 9.53 Å². The Morgan fingerprint density at radius 2 is 2.16 bits per heavy atom. The number of para-hydroxylation sites is 1. The van der Waals surface area contributed by atoms with Gasteiger partial charge < -0.3 is 10.1 Å². The maximum absolute atomic E-state index is 12.3. The summed E-state index contributed by atoms with van der Waals surface area (Å²) in [7, 11) is 0. The Hall–Kier alpha value is -1.22. The molecule has 104 valence electrons. The molecule has 0 spiro atoms. The maximum atomic E-state index is 12.3. The van der Waals surface area contributed by atoms with Gasteiger partial charge in [0, 0.05) is 0 Å². The largest absolute Gasteiger partial charge is 0.492 e. The van der Waals surface area contributed by atoms with Gasteiger partial charge in [0.15, 0.2) is 0 Å². The summed E-state index contributed by atoms with van der Waals surface area (Å²) in [5.74, 6) is 0.744. The first-order chi connectivity index (χ1) is 8.90. The van der Waals surface area contributed by atoms with Crippen LogP contribution in [0.2, 0.25) is 0 Å². The van der Waals surface area contributed by atoms with E-state index in [0.29, 0.717) is 6.61 Å². The fourth-order valence-electron chi connectivity index (χ4n) is 2.02. The minimum Gasteiger partial charge on any atom is -0.492 e. The van der Waals surface area contributed by atoms with Crippen molar-refractivity contribution in [1.29, 1.82) is 0 Å². The van der Waals surface area contributed by atoms with Gasteiger partial charge in [-0.3, -0.25) is 4.79 Å². The number of halogens is 1. The Balaban J connectivity index is 2.03. The van der Waals surface area contributed by atoms with Crippen LogP contribution in [0.5, 0.6) is 5.75 Å². The summed E-state index contributed by atoms with van der Waals surface area (Å²) < 4.78 is 5.64. The highest BCUT2D eigenvalue weighted by Crippen LogP contribution is 2.27. The average Bonchev–Trinajstić information content (AvgIpc) is 2.37. The number of alkyl halides is 1. The molecule has 0 radical (unpaired) electrons. The van der Waals surface area contributed by atoms with E-state index in [-0.39, 0.29) is 17.2 Å². The monoisotopic (exact) mass is 281 g/mol. The van der Waals surface area contributed by atoms with Crippen molar-refractivity contribution in [1.82, 2.24) is 5.32 Å². The van der Waals surface area contributed by atoms with Crippen molar-refractivity contribution in [3.05, 3.63) is 29.8 Å². The summed E-state index contributed by atoms with van der Waals surface area (Å²) in [5.41, 5.74) is 0.668. The Morgan fingerprint density at radius 3 is 2.84 bits per heavy atom. The number of fused-ring (bicyclic) bond motifs is 1. The van der Waals surface area contributed by atoms with Crippen LogP contribution in [0.1, 0.15) is 26.3 Å². The smallest absolute Gasteiger partial charge is 0.227 e. The third-order valence-corrected chi connectivity index (χ3v) is 4.24. The fraction of sp³-hybridized carbons (Fsp3) is 0.533. The fourth-order valence-corrected chi connectivity index (χ4v) is 2.07. The van der Waals surface area contributed by atoms with E-state index in [0.717, 1.165) is 17.7 Å². The second-order valence-corrected chi connectivity index (χ2v) is 6.30. The molecule has 2 rings (SSSR count). The van der Waals surface area contributed by atoms with Crippen LogP contribution in [0.25, 0.3) is 0 Å². The topological polar surface area (TPSA) is 38.3 Å². The molecule has 1 N–H and O–H groups in total. The van der Waals surface area contributed by atoms with Crippen LogP contribution in [0, 0.1) is 5.92 Å². The van der Waals surface area contributed by atoms with Crippen LogP contribution in [0.15, 0.2) is 24.3 Å². The number of amides is 1. The minimum absolute atomic E-state index is 0.00648. The van der Waals surface area contributed by atoms with E-state index in [4.69, 9.17) is 16.3 Å². The van der Waals surface area contributed by atoms with Gasteiger partial charge in [0.1, 0.15) is 12.4 Å². The molecule has 4 heteroatoms. The summed E-state index contributed by atoms with van der Waals surface area (Å²) in [6.45, 7) is 6.17. The van der Waals surface area contributed by atoms with E-state index >= 15 is 0 Å². The second kappa shape index (κ2) is 5.41. The molecular formula is C15H20ClNO2. The molecule has 3 nitrogen and oxygen atoms in total. The number of benzene rings is 1. The first kappa shape index (κ1) is 14.2. The zero-order valence-electron chi connectivity index (χ0n) is 11.6. The first-order valence-corrected chi connectivity index (χ1v) is 7.00. The van der Waals surface area contributed by atoms with Crippen LogP contribution < -0.4 is 10.1 Å². The van der Waals surface area contributed by atoms with Crippen molar-refractivity contribution in [3.63, 3.8) is 0 Å². The highest BCUT2D eigenvalue weighted by molar-refractivity contribution is 6.21. The third-order valence-electron chi connectivity index (χ3n) is 3.69. The summed E-state index contributed by atoms with van der Waals surface area (Å²) >= 11 is 6.09. The molecule has 19 heavy (non-hydrogen) atoms. The van der Waals surface area contributed by atoms with E-state index in [1.807, 2.05) is 45.0 Å². The number of carbonyl (C=O) groups is 1. The molecular weight excluding hydrogens is 262 g/mol. The van der Waals surface area contributed by atoms with Gasteiger partial charge in [0.25, 0.3) is 0 Å². The zero-order valence-corrected chi connectivity index (χ0v) is 12.3. The Bertz CT molecular complexity index is 471. The predicted octanol–water partition coefficient (Wildman–Crippen LogP) is 2.76. The van der Waals surface area contributed by atoms with Gasteiger partial charge in [-0.2, -0.15) is 0 Å². The molecule has 2 unspecified atom stereocenters. The Morgan fingerprint density at radius 1 is 1.47 bits per heavy atom. The normalized spacial score (nSPS) is 20.1. The van der Waals surface area contributed by atoms with Crippen LogP contribution >= 0.6 is 11.6 Å². The van der Waals surface area contributed by atoms with E-state index < -0.39 is 5.54 Å². The Labute approximate surface area is 119 Å². The summed E-state index contributed by atoms with van der Waals surface area (Å²) in [6.07, 6.45) is 0.717. The van der Waals surface area contributed by atoms with Crippen LogP contribution in [-0.2, 0) is 11.2 Å². The third kappa shape index (κ3) is 3.21. The van der Waals surface area contributed by atoms with Gasteiger partial charge in [-0.25, -0.2) is 0 Å². The number of hydrogen-bond acceptors (Lipinski definition) is 2. The number of rotatable bonds is 3. The number of ether oxygens (including phenoxy) is 1. The molecule has 1 aromatic rings. The zero-order chi connectivity index (χ0) is 14.0. The SMILES string of the molecule is CC(Cl)C(C)(C)NC(=O)C1COc2ccccc2C1. The second-order valence-electron chi connectivity index (χ2n) is 5.65. The maximum Gasteiger partial charge on any atom is 0.227 e. The molecule has 0 saturated heterocycles. The van der Waals surface area contributed by atoms with Crippen molar-refractivity contribution in [2.24, 2.45) is 5.92 Å². The molecule has 0 saturated carbocycles. The predicted molar refractivity (Wildman–Crippen MR) is 76.7 cm³/mol. The highest BCUT2D eigenvalue weighted by atomic mass is 35.5. The molecule has 0 bridgehead atoms. The number of nitrogens with one attached hydrogen (secondary N) is 1. The van der Waals surface area contributed by atoms with Crippen LogP contribution in [-0.4, -0.2) is 23.4 Å². The lowest BCUT2D eigenvalue weighted by Gasteiger charge is -2.32. The molecule has 0 aliphatic carbocycles. The van der Waals surface area contributed by atoms with Gasteiger partial charge in [-0.15, -0.1) is 11.6 Å². The van der Waals surface area contributed by atoms with Crippen LogP contribution in [0.4, 0.5) is 0 Å². The van der Waals surface area contributed by atoms with Gasteiger partial charge >= 0.3 is 0 Å².